The summed E-state index contributed by atoms with van der Waals surface area (Å²) >= 11 is 12.8. The van der Waals surface area contributed by atoms with Gasteiger partial charge in [-0.15, -0.1) is 0 Å². The van der Waals surface area contributed by atoms with Gasteiger partial charge in [0.05, 0.1) is 47.1 Å². The molecule has 3 aliphatic heterocycles. The van der Waals surface area contributed by atoms with Crippen molar-refractivity contribution in [1.29, 1.82) is 0 Å². The van der Waals surface area contributed by atoms with Gasteiger partial charge in [-0.25, -0.2) is 23.4 Å². The Hall–Kier alpha value is -5.00. The average Bonchev–Trinajstić information content (AvgIpc) is 3.57. The van der Waals surface area contributed by atoms with Gasteiger partial charge < -0.3 is 43.3 Å². The van der Waals surface area contributed by atoms with E-state index in [2.05, 4.69) is 15.0 Å². The van der Waals surface area contributed by atoms with Crippen LogP contribution in [0.2, 0.25) is 10.0 Å². The molecule has 3 aliphatic rings. The molecule has 15 nitrogen and oxygen atoms in total. The lowest BCUT2D eigenvalue weighted by Crippen LogP contribution is -2.64. The van der Waals surface area contributed by atoms with Gasteiger partial charge in [-0.2, -0.15) is 0 Å². The Balaban J connectivity index is 1.01. The van der Waals surface area contributed by atoms with Crippen molar-refractivity contribution in [3.05, 3.63) is 63.8 Å². The molecule has 3 fully saturated rings. The summed E-state index contributed by atoms with van der Waals surface area (Å²) in [5, 5.41) is 2.51. The maximum Gasteiger partial charge on any atom is 0.410 e. The van der Waals surface area contributed by atoms with Gasteiger partial charge >= 0.3 is 12.1 Å². The van der Waals surface area contributed by atoms with E-state index in [-0.39, 0.29) is 75.0 Å². The Morgan fingerprint density at radius 1 is 0.889 bits per heavy atom. The minimum Gasteiger partial charge on any atom is -0.460 e. The fourth-order valence-electron chi connectivity index (χ4n) is 8.41. The van der Waals surface area contributed by atoms with Crippen LogP contribution in [0, 0.1) is 17.7 Å². The Bertz CT molecular complexity index is 2220. The monoisotopic (exact) mass is 918 g/mol. The van der Waals surface area contributed by atoms with Crippen molar-refractivity contribution >= 4 is 58.7 Å². The second-order valence-electron chi connectivity index (χ2n) is 18.5. The molecule has 0 saturated carbocycles. The number of hydrogen-bond donors (Lipinski definition) is 1. The van der Waals surface area contributed by atoms with Gasteiger partial charge in [-0.05, 0) is 71.9 Å². The zero-order chi connectivity index (χ0) is 46.0. The number of anilines is 1. The van der Waals surface area contributed by atoms with Crippen molar-refractivity contribution in [2.24, 2.45) is 18.9 Å². The molecule has 0 radical (unpaired) electrons. The van der Waals surface area contributed by atoms with Crippen molar-refractivity contribution in [1.82, 2.24) is 24.3 Å². The number of piperazine rings is 1. The number of amides is 4. The molecule has 4 heterocycles. The lowest BCUT2D eigenvalue weighted by Gasteiger charge is -2.49. The molecule has 0 atom stereocenters. The number of alkyl halides is 1. The number of aromatic nitrogens is 2. The highest BCUT2D eigenvalue weighted by atomic mass is 35.5. The quantitative estimate of drug-likeness (QED) is 0.162. The zero-order valence-corrected chi connectivity index (χ0v) is 38.3. The van der Waals surface area contributed by atoms with Crippen molar-refractivity contribution in [3.8, 4) is 17.0 Å². The fraction of sp³-hybridized carbons (Fsp3) is 0.545. The van der Waals surface area contributed by atoms with E-state index in [1.807, 2.05) is 41.5 Å². The molecule has 3 aromatic rings. The van der Waals surface area contributed by atoms with Gasteiger partial charge in [-0.1, -0.05) is 23.2 Å². The smallest absolute Gasteiger partial charge is 0.410 e. The van der Waals surface area contributed by atoms with Gasteiger partial charge in [0, 0.05) is 82.2 Å². The molecule has 19 heteroatoms. The number of likely N-dealkylation sites (tertiary alicyclic amines) is 2. The van der Waals surface area contributed by atoms with E-state index >= 15 is 0 Å². The number of carbonyl (C=O) groups is 5. The number of benzene rings is 2. The number of nitrogens with zero attached hydrogens (tertiary/aromatic N) is 6. The van der Waals surface area contributed by atoms with E-state index < -0.39 is 29.8 Å². The van der Waals surface area contributed by atoms with Gasteiger partial charge in [-0.3, -0.25) is 14.4 Å². The summed E-state index contributed by atoms with van der Waals surface area (Å²) in [5.74, 6) is -2.52. The summed E-state index contributed by atoms with van der Waals surface area (Å²) in [6.45, 7) is 14.4. The predicted molar refractivity (Wildman–Crippen MR) is 232 cm³/mol. The molecule has 2 aromatic carbocycles. The first kappa shape index (κ1) is 47.5. The highest BCUT2D eigenvalue weighted by Gasteiger charge is 2.45. The van der Waals surface area contributed by atoms with Gasteiger partial charge in [0.25, 0.3) is 11.8 Å². The van der Waals surface area contributed by atoms with Crippen molar-refractivity contribution < 1.29 is 51.4 Å². The van der Waals surface area contributed by atoms with Crippen LogP contribution in [0.5, 0.6) is 5.75 Å². The molecule has 1 aromatic heterocycles. The lowest BCUT2D eigenvalue weighted by molar-refractivity contribution is -0.930. The second-order valence-corrected chi connectivity index (χ2v) is 19.3. The van der Waals surface area contributed by atoms with Crippen molar-refractivity contribution in [2.75, 3.05) is 77.6 Å². The van der Waals surface area contributed by atoms with Gasteiger partial charge in [0.15, 0.2) is 23.9 Å². The maximum absolute atomic E-state index is 14.6. The Kier molecular flexibility index (Phi) is 14.3. The van der Waals surface area contributed by atoms with Crippen LogP contribution in [0.3, 0.4) is 0 Å². The van der Waals surface area contributed by atoms with E-state index in [1.165, 1.54) is 35.0 Å². The SMILES string of the molecule is Cn1c(-c2ccc(OCF)c(F)c2Cl)cnc1C(=O)Nc1ccc(C(=O)N2CCN(C(=O)C3CC[N+](CC(=O)OC(C)(C)C)(CC4CN(C(=O)OC(C)(C)C)C4)CC3)CC2)c(Cl)c1. The second kappa shape index (κ2) is 19.0. The normalized spacial score (nSPS) is 19.6. The minimum absolute atomic E-state index is 0.0245. The summed E-state index contributed by atoms with van der Waals surface area (Å²) in [6.07, 6.45) is 2.21. The Morgan fingerprint density at radius 3 is 2.13 bits per heavy atom. The Morgan fingerprint density at radius 2 is 1.52 bits per heavy atom. The first-order valence-corrected chi connectivity index (χ1v) is 21.8. The molecule has 6 rings (SSSR count). The number of hydrogen-bond acceptors (Lipinski definition) is 9. The lowest BCUT2D eigenvalue weighted by atomic mass is 9.90. The first-order valence-electron chi connectivity index (χ1n) is 21.0. The molecule has 4 amide bonds. The molecule has 0 spiro atoms. The maximum atomic E-state index is 14.6. The fourth-order valence-corrected chi connectivity index (χ4v) is 8.92. The zero-order valence-electron chi connectivity index (χ0n) is 36.8. The Labute approximate surface area is 376 Å². The molecule has 342 valence electrons. The molecule has 0 unspecified atom stereocenters. The number of piperidine rings is 1. The number of imidazole rings is 1. The van der Waals surface area contributed by atoms with Gasteiger partial charge in [0.2, 0.25) is 12.8 Å². The van der Waals surface area contributed by atoms with Gasteiger partial charge in [0.1, 0.15) is 11.2 Å². The summed E-state index contributed by atoms with van der Waals surface area (Å²) < 4.78 is 45.0. The number of esters is 1. The summed E-state index contributed by atoms with van der Waals surface area (Å²) in [5.41, 5.74) is -0.144. The van der Waals surface area contributed by atoms with E-state index in [0.717, 1.165) is 0 Å². The number of carbonyl (C=O) groups excluding carboxylic acids is 5. The largest absolute Gasteiger partial charge is 0.460 e. The molecule has 0 aliphatic carbocycles. The summed E-state index contributed by atoms with van der Waals surface area (Å²) in [4.78, 5) is 75.8. The highest BCUT2D eigenvalue weighted by Crippen LogP contribution is 2.36. The molecule has 0 bridgehead atoms. The third kappa shape index (κ3) is 11.4. The van der Waals surface area contributed by atoms with Crippen LogP contribution in [-0.4, -0.2) is 142 Å². The van der Waals surface area contributed by atoms with Crippen LogP contribution in [0.1, 0.15) is 75.4 Å². The summed E-state index contributed by atoms with van der Waals surface area (Å²) in [7, 11) is 1.55. The molecule has 1 N–H and O–H groups in total. The molecule has 3 saturated heterocycles. The van der Waals surface area contributed by atoms with Crippen LogP contribution in [-0.2, 0) is 26.1 Å². The third-order valence-electron chi connectivity index (χ3n) is 11.5. The van der Waals surface area contributed by atoms with E-state index in [4.69, 9.17) is 32.7 Å². The van der Waals surface area contributed by atoms with E-state index in [0.29, 0.717) is 87.6 Å². The van der Waals surface area contributed by atoms with E-state index in [9.17, 15) is 32.8 Å². The van der Waals surface area contributed by atoms with Crippen LogP contribution in [0.25, 0.3) is 11.3 Å². The van der Waals surface area contributed by atoms with Crippen molar-refractivity contribution in [2.45, 2.75) is 65.6 Å². The average molecular weight is 920 g/mol. The third-order valence-corrected chi connectivity index (χ3v) is 12.1. The number of halogens is 4. The highest BCUT2D eigenvalue weighted by molar-refractivity contribution is 6.34. The van der Waals surface area contributed by atoms with Crippen LogP contribution >= 0.6 is 23.2 Å². The number of quaternary nitrogens is 1. The first-order chi connectivity index (χ1) is 29.6. The number of nitrogens with one attached hydrogen (secondary N) is 1. The van der Waals surface area contributed by atoms with E-state index in [1.54, 1.807) is 27.8 Å². The molecular weight excluding hydrogens is 863 g/mol. The van der Waals surface area contributed by atoms with Crippen LogP contribution < -0.4 is 10.1 Å². The topological polar surface area (TPSA) is 153 Å². The standard InChI is InChI=1S/C44H55Cl2F2N7O8/c1-43(2,3)62-35(56)25-55(24-27-22-54(23-27)42(60)63-44(4,5)6)18-12-28(13-19-55)40(58)52-14-16-53(17-15-52)41(59)30-9-8-29(20-32(30)45)50-39(57)38-49-21-33(51(38)7)31-10-11-34(61-26-47)37(48)36(31)46/h8-11,20-21,27-28H,12-19,22-26H2,1-7H3/p+1. The van der Waals surface area contributed by atoms with Crippen molar-refractivity contribution in [3.63, 3.8) is 0 Å². The summed E-state index contributed by atoms with van der Waals surface area (Å²) in [6, 6.07) is 7.18. The number of ether oxygens (including phenoxy) is 3. The molecular formula is C44H56Cl2F2N7O8+. The molecule has 63 heavy (non-hydrogen) atoms. The predicted octanol–water partition coefficient (Wildman–Crippen LogP) is 6.81. The van der Waals surface area contributed by atoms with Crippen LogP contribution in [0.15, 0.2) is 36.5 Å². The number of rotatable bonds is 11. The minimum atomic E-state index is -1.23. The van der Waals surface area contributed by atoms with Crippen LogP contribution in [0.4, 0.5) is 19.3 Å².